The van der Waals surface area contributed by atoms with Gasteiger partial charge in [0.15, 0.2) is 0 Å². The minimum atomic E-state index is 0. The first-order valence-electron chi connectivity index (χ1n) is 4.46. The van der Waals surface area contributed by atoms with Gasteiger partial charge in [0.05, 0.1) is 13.1 Å². The van der Waals surface area contributed by atoms with Gasteiger partial charge in [-0.25, -0.2) is 0 Å². The summed E-state index contributed by atoms with van der Waals surface area (Å²) in [7, 11) is 0. The Morgan fingerprint density at radius 3 is 2.53 bits per heavy atom. The second-order valence-electron chi connectivity index (χ2n) is 3.01. The van der Waals surface area contributed by atoms with Crippen LogP contribution in [0.2, 0.25) is 0 Å². The Morgan fingerprint density at radius 1 is 1.40 bits per heavy atom. The molecule has 0 bridgehead atoms. The van der Waals surface area contributed by atoms with Crippen molar-refractivity contribution in [3.05, 3.63) is 0 Å². The van der Waals surface area contributed by atoms with Gasteiger partial charge in [0.2, 0.25) is 5.91 Å². The van der Waals surface area contributed by atoms with Crippen LogP contribution in [0, 0.1) is 12.3 Å². The molecule has 0 saturated carbocycles. The van der Waals surface area contributed by atoms with Crippen LogP contribution < -0.4 is 10.6 Å². The summed E-state index contributed by atoms with van der Waals surface area (Å²) in [6, 6.07) is 0. The number of halogens is 2. The normalized spacial score (nSPS) is 15.4. The van der Waals surface area contributed by atoms with Crippen molar-refractivity contribution in [2.24, 2.45) is 0 Å². The molecule has 88 valence electrons. The molecule has 0 aromatic heterocycles. The number of hydrogen-bond acceptors (Lipinski definition) is 3. The molecule has 1 saturated heterocycles. The number of nitrogens with zero attached hydrogens (tertiary/aromatic N) is 1. The number of nitrogens with one attached hydrogen (secondary N) is 2. The van der Waals surface area contributed by atoms with Gasteiger partial charge in [-0.05, 0) is 0 Å². The Hall–Kier alpha value is -0.470. The van der Waals surface area contributed by atoms with Crippen LogP contribution in [0.25, 0.3) is 0 Å². The quantitative estimate of drug-likeness (QED) is 0.666. The van der Waals surface area contributed by atoms with E-state index in [0.29, 0.717) is 13.1 Å². The Labute approximate surface area is 103 Å². The Kier molecular flexibility index (Phi) is 11.4. The van der Waals surface area contributed by atoms with Gasteiger partial charge < -0.3 is 10.6 Å². The minimum Gasteiger partial charge on any atom is -0.344 e. The molecule has 2 N–H and O–H groups in total. The molecular formula is C9H17Cl2N3O. The number of hydrogen-bond donors (Lipinski definition) is 2. The van der Waals surface area contributed by atoms with Crippen molar-refractivity contribution < 1.29 is 4.79 Å². The lowest BCUT2D eigenvalue weighted by molar-refractivity contribution is -0.122. The van der Waals surface area contributed by atoms with E-state index in [1.54, 1.807) is 0 Å². The minimum absolute atomic E-state index is 0. The summed E-state index contributed by atoms with van der Waals surface area (Å²) in [5.74, 6) is 2.39. The first-order chi connectivity index (χ1) is 6.33. The maximum atomic E-state index is 11.2. The molecule has 0 radical (unpaired) electrons. The number of carbonyl (C=O) groups is 1. The highest BCUT2D eigenvalue weighted by atomic mass is 35.5. The summed E-state index contributed by atoms with van der Waals surface area (Å²) >= 11 is 0. The maximum Gasteiger partial charge on any atom is 0.234 e. The lowest BCUT2D eigenvalue weighted by Gasteiger charge is -2.26. The zero-order chi connectivity index (χ0) is 9.52. The molecule has 15 heavy (non-hydrogen) atoms. The van der Waals surface area contributed by atoms with Gasteiger partial charge >= 0.3 is 0 Å². The van der Waals surface area contributed by atoms with Gasteiger partial charge in [-0.15, -0.1) is 31.2 Å². The summed E-state index contributed by atoms with van der Waals surface area (Å²) in [5.41, 5.74) is 0. The number of rotatable bonds is 3. The Balaban J connectivity index is 0. The van der Waals surface area contributed by atoms with Crippen molar-refractivity contribution >= 4 is 30.7 Å². The fourth-order valence-corrected chi connectivity index (χ4v) is 1.28. The van der Waals surface area contributed by atoms with E-state index in [1.807, 2.05) is 0 Å². The highest BCUT2D eigenvalue weighted by molar-refractivity contribution is 5.85. The smallest absolute Gasteiger partial charge is 0.234 e. The van der Waals surface area contributed by atoms with Gasteiger partial charge in [0.1, 0.15) is 0 Å². The third-order valence-electron chi connectivity index (χ3n) is 1.96. The third-order valence-corrected chi connectivity index (χ3v) is 1.96. The lowest BCUT2D eigenvalue weighted by atomic mass is 10.3. The average Bonchev–Trinajstić information content (AvgIpc) is 2.16. The molecule has 0 aromatic rings. The van der Waals surface area contributed by atoms with E-state index in [4.69, 9.17) is 6.42 Å². The summed E-state index contributed by atoms with van der Waals surface area (Å²) in [6.45, 7) is 4.58. The van der Waals surface area contributed by atoms with E-state index in [0.717, 1.165) is 26.2 Å². The molecule has 1 amide bonds. The fraction of sp³-hybridized carbons (Fsp3) is 0.667. The van der Waals surface area contributed by atoms with Crippen LogP contribution in [0.3, 0.4) is 0 Å². The van der Waals surface area contributed by atoms with E-state index in [9.17, 15) is 4.79 Å². The highest BCUT2D eigenvalue weighted by Gasteiger charge is 2.12. The Bertz CT molecular complexity index is 212. The predicted molar refractivity (Wildman–Crippen MR) is 65.6 cm³/mol. The second kappa shape index (κ2) is 10.1. The standard InChI is InChI=1S/C9H15N3O.2ClH/c1-2-3-11-9(13)8-12-6-4-10-5-7-12;;/h1,10H,3-8H2,(H,11,13);2*1H. The number of piperazine rings is 1. The fourth-order valence-electron chi connectivity index (χ4n) is 1.28. The molecule has 0 aliphatic carbocycles. The van der Waals surface area contributed by atoms with Gasteiger partial charge in [0, 0.05) is 26.2 Å². The van der Waals surface area contributed by atoms with Crippen molar-refractivity contribution in [2.45, 2.75) is 0 Å². The molecular weight excluding hydrogens is 237 g/mol. The van der Waals surface area contributed by atoms with Crippen LogP contribution in [0.4, 0.5) is 0 Å². The number of terminal acetylenes is 1. The van der Waals surface area contributed by atoms with E-state index >= 15 is 0 Å². The van der Waals surface area contributed by atoms with Crippen molar-refractivity contribution in [1.29, 1.82) is 0 Å². The summed E-state index contributed by atoms with van der Waals surface area (Å²) in [6.07, 6.45) is 5.02. The second-order valence-corrected chi connectivity index (χ2v) is 3.01. The van der Waals surface area contributed by atoms with Crippen molar-refractivity contribution in [1.82, 2.24) is 15.5 Å². The molecule has 4 nitrogen and oxygen atoms in total. The van der Waals surface area contributed by atoms with E-state index < -0.39 is 0 Å². The largest absolute Gasteiger partial charge is 0.344 e. The van der Waals surface area contributed by atoms with Gasteiger partial charge in [-0.3, -0.25) is 9.69 Å². The average molecular weight is 254 g/mol. The zero-order valence-electron chi connectivity index (χ0n) is 8.49. The van der Waals surface area contributed by atoms with Crippen molar-refractivity contribution in [3.8, 4) is 12.3 Å². The molecule has 0 aromatic carbocycles. The molecule has 1 rings (SSSR count). The van der Waals surface area contributed by atoms with Crippen LogP contribution >= 0.6 is 24.8 Å². The van der Waals surface area contributed by atoms with Gasteiger partial charge in [-0.2, -0.15) is 0 Å². The van der Waals surface area contributed by atoms with E-state index in [-0.39, 0.29) is 30.7 Å². The SMILES string of the molecule is C#CCNC(=O)CN1CCNCC1.Cl.Cl. The number of carbonyl (C=O) groups excluding carboxylic acids is 1. The van der Waals surface area contributed by atoms with Crippen molar-refractivity contribution in [2.75, 3.05) is 39.3 Å². The van der Waals surface area contributed by atoms with Crippen molar-refractivity contribution in [3.63, 3.8) is 0 Å². The van der Waals surface area contributed by atoms with Crippen LogP contribution in [-0.2, 0) is 4.79 Å². The molecule has 0 atom stereocenters. The van der Waals surface area contributed by atoms with Gasteiger partial charge in [-0.1, -0.05) is 5.92 Å². The van der Waals surface area contributed by atoms with Crippen LogP contribution in [0.15, 0.2) is 0 Å². The summed E-state index contributed by atoms with van der Waals surface area (Å²) < 4.78 is 0. The lowest BCUT2D eigenvalue weighted by Crippen LogP contribution is -2.47. The number of amides is 1. The van der Waals surface area contributed by atoms with Crippen LogP contribution in [-0.4, -0.2) is 50.1 Å². The molecule has 1 heterocycles. The van der Waals surface area contributed by atoms with E-state index in [1.165, 1.54) is 0 Å². The van der Waals surface area contributed by atoms with E-state index in [2.05, 4.69) is 21.5 Å². The first-order valence-corrected chi connectivity index (χ1v) is 4.46. The first kappa shape index (κ1) is 16.9. The summed E-state index contributed by atoms with van der Waals surface area (Å²) in [5, 5.41) is 5.87. The predicted octanol–water partition coefficient (Wildman–Crippen LogP) is -0.515. The zero-order valence-corrected chi connectivity index (χ0v) is 10.1. The van der Waals surface area contributed by atoms with Crippen LogP contribution in [0.1, 0.15) is 0 Å². The maximum absolute atomic E-state index is 11.2. The highest BCUT2D eigenvalue weighted by Crippen LogP contribution is 1.90. The topological polar surface area (TPSA) is 44.4 Å². The third kappa shape index (κ3) is 7.46. The van der Waals surface area contributed by atoms with Crippen LogP contribution in [0.5, 0.6) is 0 Å². The van der Waals surface area contributed by atoms with Gasteiger partial charge in [0.25, 0.3) is 0 Å². The molecule has 1 aliphatic rings. The molecule has 1 fully saturated rings. The molecule has 0 spiro atoms. The monoisotopic (exact) mass is 253 g/mol. The summed E-state index contributed by atoms with van der Waals surface area (Å²) in [4.78, 5) is 13.3. The molecule has 6 heteroatoms. The molecule has 0 unspecified atom stereocenters. The Morgan fingerprint density at radius 2 is 2.00 bits per heavy atom. The molecule has 1 aliphatic heterocycles.